The number of imidazole rings is 1. The van der Waals surface area contributed by atoms with Crippen molar-refractivity contribution in [2.24, 2.45) is 0 Å². The van der Waals surface area contributed by atoms with Gasteiger partial charge in [0.15, 0.2) is 11.2 Å². The summed E-state index contributed by atoms with van der Waals surface area (Å²) in [6.07, 6.45) is 4.54. The summed E-state index contributed by atoms with van der Waals surface area (Å²) in [5.41, 5.74) is -0.311. The van der Waals surface area contributed by atoms with Crippen LogP contribution in [0.1, 0.15) is 41.5 Å². The van der Waals surface area contributed by atoms with Gasteiger partial charge in [0.25, 0.3) is 11.1 Å². The Bertz CT molecular complexity index is 1070. The van der Waals surface area contributed by atoms with Crippen LogP contribution in [0.2, 0.25) is 0 Å². The second kappa shape index (κ2) is 6.74. The number of rotatable bonds is 0. The van der Waals surface area contributed by atoms with Crippen molar-refractivity contribution in [2.75, 3.05) is 0 Å². The van der Waals surface area contributed by atoms with E-state index in [0.29, 0.717) is 11.2 Å². The quantitative estimate of drug-likeness (QED) is 0.624. The Balaban J connectivity index is 0.000000190. The third kappa shape index (κ3) is 4.16. The van der Waals surface area contributed by atoms with E-state index in [1.807, 2.05) is 46.1 Å². The van der Waals surface area contributed by atoms with Crippen LogP contribution < -0.4 is 16.8 Å². The maximum Gasteiger partial charge on any atom is 0.328 e. The standard InChI is InChI=1S/C9H12N4O.C8H12N2O2/c1-9(2,3)13-5-12-6-7(13)10-4-11-8(6)14;1-8(2,3)10-5-4-6(11)9-7(10)12/h4-5H,1-3H3,(H,10,11,14);4-5H,1-3H3,(H,9,11,12). The molecule has 9 heteroatoms. The van der Waals surface area contributed by atoms with Gasteiger partial charge in [0.2, 0.25) is 0 Å². The van der Waals surface area contributed by atoms with Crippen molar-refractivity contribution in [1.82, 2.24) is 29.1 Å². The van der Waals surface area contributed by atoms with Crippen molar-refractivity contribution in [2.45, 2.75) is 52.6 Å². The summed E-state index contributed by atoms with van der Waals surface area (Å²) in [4.78, 5) is 46.1. The summed E-state index contributed by atoms with van der Waals surface area (Å²) in [6.45, 7) is 11.8. The van der Waals surface area contributed by atoms with Crippen molar-refractivity contribution in [3.63, 3.8) is 0 Å². The second-order valence-corrected chi connectivity index (χ2v) is 7.84. The zero-order valence-corrected chi connectivity index (χ0v) is 15.8. The Labute approximate surface area is 149 Å². The molecular weight excluding hydrogens is 336 g/mol. The smallest absolute Gasteiger partial charge is 0.311 e. The van der Waals surface area contributed by atoms with Gasteiger partial charge in [0.1, 0.15) is 0 Å². The number of aromatic amines is 2. The lowest BCUT2D eigenvalue weighted by atomic mass is 10.1. The fourth-order valence-electron chi connectivity index (χ4n) is 2.28. The first-order valence-corrected chi connectivity index (χ1v) is 8.15. The summed E-state index contributed by atoms with van der Waals surface area (Å²) < 4.78 is 3.37. The van der Waals surface area contributed by atoms with E-state index in [4.69, 9.17) is 0 Å². The van der Waals surface area contributed by atoms with Crippen molar-refractivity contribution < 1.29 is 0 Å². The van der Waals surface area contributed by atoms with Crippen molar-refractivity contribution >= 4 is 11.2 Å². The predicted octanol–water partition coefficient (Wildman–Crippen LogP) is 1.17. The highest BCUT2D eigenvalue weighted by Gasteiger charge is 2.17. The molecule has 0 saturated heterocycles. The summed E-state index contributed by atoms with van der Waals surface area (Å²) in [7, 11) is 0. The van der Waals surface area contributed by atoms with Crippen LogP contribution >= 0.6 is 0 Å². The summed E-state index contributed by atoms with van der Waals surface area (Å²) in [5, 5.41) is 0. The molecule has 140 valence electrons. The molecule has 0 aromatic carbocycles. The third-order valence-electron chi connectivity index (χ3n) is 3.61. The lowest BCUT2D eigenvalue weighted by Gasteiger charge is -2.20. The normalized spacial score (nSPS) is 11.9. The molecule has 0 aliphatic heterocycles. The molecular formula is C17H24N6O3. The zero-order valence-electron chi connectivity index (χ0n) is 15.8. The van der Waals surface area contributed by atoms with Crippen LogP contribution in [0.3, 0.4) is 0 Å². The number of fused-ring (bicyclic) bond motifs is 1. The Hall–Kier alpha value is -2.97. The minimum absolute atomic E-state index is 0.116. The van der Waals surface area contributed by atoms with Gasteiger partial charge in [0, 0.05) is 23.3 Å². The van der Waals surface area contributed by atoms with E-state index in [-0.39, 0.29) is 27.9 Å². The maximum absolute atomic E-state index is 11.3. The van der Waals surface area contributed by atoms with Crippen LogP contribution in [0.4, 0.5) is 0 Å². The number of H-pyrrole nitrogens is 2. The molecule has 0 radical (unpaired) electrons. The number of nitrogens with zero attached hydrogens (tertiary/aromatic N) is 4. The van der Waals surface area contributed by atoms with E-state index < -0.39 is 0 Å². The van der Waals surface area contributed by atoms with E-state index >= 15 is 0 Å². The van der Waals surface area contributed by atoms with E-state index in [2.05, 4.69) is 19.9 Å². The fourth-order valence-corrected chi connectivity index (χ4v) is 2.28. The molecule has 2 N–H and O–H groups in total. The van der Waals surface area contributed by atoms with Gasteiger partial charge in [-0.15, -0.1) is 0 Å². The molecule has 0 amide bonds. The van der Waals surface area contributed by atoms with Crippen molar-refractivity contribution in [3.05, 3.63) is 56.1 Å². The number of nitrogens with one attached hydrogen (secondary N) is 2. The molecule has 0 aliphatic carbocycles. The zero-order chi connectivity index (χ0) is 19.7. The van der Waals surface area contributed by atoms with E-state index in [1.54, 1.807) is 6.33 Å². The third-order valence-corrected chi connectivity index (χ3v) is 3.61. The molecule has 9 nitrogen and oxygen atoms in total. The first-order valence-electron chi connectivity index (χ1n) is 8.15. The van der Waals surface area contributed by atoms with Gasteiger partial charge >= 0.3 is 5.69 Å². The van der Waals surface area contributed by atoms with Crippen LogP contribution in [0, 0.1) is 0 Å². The van der Waals surface area contributed by atoms with Crippen LogP contribution in [0.5, 0.6) is 0 Å². The average molecular weight is 360 g/mol. The van der Waals surface area contributed by atoms with Gasteiger partial charge in [-0.3, -0.25) is 19.1 Å². The molecule has 0 spiro atoms. The number of hydrogen-bond donors (Lipinski definition) is 2. The highest BCUT2D eigenvalue weighted by molar-refractivity contribution is 5.69. The van der Waals surface area contributed by atoms with Gasteiger partial charge in [0.05, 0.1) is 12.7 Å². The second-order valence-electron chi connectivity index (χ2n) is 7.84. The Morgan fingerprint density at radius 1 is 0.923 bits per heavy atom. The lowest BCUT2D eigenvalue weighted by Crippen LogP contribution is -2.37. The highest BCUT2D eigenvalue weighted by atomic mass is 16.2. The topological polar surface area (TPSA) is 118 Å². The SMILES string of the molecule is CC(C)(C)n1ccc(=O)[nH]c1=O.CC(C)(C)n1cnc2c(=O)[nH]cnc21. The van der Waals surface area contributed by atoms with Crippen LogP contribution in [-0.4, -0.2) is 29.1 Å². The molecule has 3 aromatic rings. The van der Waals surface area contributed by atoms with Crippen LogP contribution in [0.25, 0.3) is 11.2 Å². The molecule has 0 fully saturated rings. The van der Waals surface area contributed by atoms with E-state index in [0.717, 1.165) is 0 Å². The van der Waals surface area contributed by atoms with Gasteiger partial charge < -0.3 is 9.55 Å². The van der Waals surface area contributed by atoms with E-state index in [1.165, 1.54) is 23.2 Å². The van der Waals surface area contributed by atoms with Crippen LogP contribution in [0.15, 0.2) is 39.3 Å². The molecule has 3 aromatic heterocycles. The van der Waals surface area contributed by atoms with Crippen LogP contribution in [-0.2, 0) is 11.1 Å². The Morgan fingerprint density at radius 3 is 2.08 bits per heavy atom. The summed E-state index contributed by atoms with van der Waals surface area (Å²) in [6, 6.07) is 1.34. The molecule has 0 saturated carbocycles. The minimum atomic E-state index is -0.366. The molecule has 3 rings (SSSR count). The summed E-state index contributed by atoms with van der Waals surface area (Å²) >= 11 is 0. The monoisotopic (exact) mass is 360 g/mol. The predicted molar refractivity (Wildman–Crippen MR) is 99.5 cm³/mol. The van der Waals surface area contributed by atoms with Gasteiger partial charge in [-0.1, -0.05) is 0 Å². The summed E-state index contributed by atoms with van der Waals surface area (Å²) in [5.74, 6) is 0. The van der Waals surface area contributed by atoms with Crippen molar-refractivity contribution in [1.29, 1.82) is 0 Å². The molecule has 26 heavy (non-hydrogen) atoms. The highest BCUT2D eigenvalue weighted by Crippen LogP contribution is 2.17. The van der Waals surface area contributed by atoms with Crippen molar-refractivity contribution in [3.8, 4) is 0 Å². The van der Waals surface area contributed by atoms with E-state index in [9.17, 15) is 14.4 Å². The first-order chi connectivity index (χ1) is 11.9. The average Bonchev–Trinajstić information content (AvgIpc) is 2.92. The first kappa shape index (κ1) is 19.4. The largest absolute Gasteiger partial charge is 0.328 e. The molecule has 0 bridgehead atoms. The Morgan fingerprint density at radius 2 is 1.54 bits per heavy atom. The minimum Gasteiger partial charge on any atom is -0.311 e. The fraction of sp³-hybridized carbons (Fsp3) is 0.471. The number of aromatic nitrogens is 6. The molecule has 0 atom stereocenters. The van der Waals surface area contributed by atoms with Gasteiger partial charge in [-0.05, 0) is 41.5 Å². The Kier molecular flexibility index (Phi) is 5.02. The lowest BCUT2D eigenvalue weighted by molar-refractivity contribution is 0.376. The van der Waals surface area contributed by atoms with Gasteiger partial charge in [-0.25, -0.2) is 14.8 Å². The molecule has 3 heterocycles. The molecule has 0 unspecified atom stereocenters. The maximum atomic E-state index is 11.3. The van der Waals surface area contributed by atoms with Gasteiger partial charge in [-0.2, -0.15) is 0 Å². The molecule has 0 aliphatic rings. The number of hydrogen-bond acceptors (Lipinski definition) is 5.